The first kappa shape index (κ1) is 16.3. The Morgan fingerprint density at radius 2 is 2.05 bits per heavy atom. The van der Waals surface area contributed by atoms with Crippen LogP contribution < -0.4 is 5.32 Å². The van der Waals surface area contributed by atoms with Crippen molar-refractivity contribution >= 4 is 12.0 Å². The van der Waals surface area contributed by atoms with Crippen LogP contribution >= 0.6 is 0 Å². The molecule has 20 heavy (non-hydrogen) atoms. The minimum absolute atomic E-state index is 0.0929. The lowest BCUT2D eigenvalue weighted by atomic mass is 9.88. The molecule has 1 aliphatic rings. The van der Waals surface area contributed by atoms with Crippen LogP contribution in [0.25, 0.3) is 0 Å². The molecule has 1 fully saturated rings. The van der Waals surface area contributed by atoms with Crippen molar-refractivity contribution in [2.75, 3.05) is 6.54 Å². The van der Waals surface area contributed by atoms with Crippen molar-refractivity contribution in [2.24, 2.45) is 0 Å². The third-order valence-electron chi connectivity index (χ3n) is 3.68. The molecule has 1 saturated carbocycles. The van der Waals surface area contributed by atoms with Gasteiger partial charge in [-0.1, -0.05) is 25.0 Å². The van der Waals surface area contributed by atoms with Gasteiger partial charge in [-0.05, 0) is 32.3 Å². The van der Waals surface area contributed by atoms with Crippen molar-refractivity contribution in [2.45, 2.75) is 51.1 Å². The molecule has 0 aromatic rings. The molecule has 112 valence electrons. The van der Waals surface area contributed by atoms with Crippen molar-refractivity contribution in [3.63, 3.8) is 0 Å². The summed E-state index contributed by atoms with van der Waals surface area (Å²) in [6.07, 6.45) is 4.56. The van der Waals surface area contributed by atoms with E-state index in [9.17, 15) is 9.59 Å². The second-order valence-corrected chi connectivity index (χ2v) is 5.35. The van der Waals surface area contributed by atoms with E-state index in [0.717, 1.165) is 37.7 Å². The van der Waals surface area contributed by atoms with E-state index in [4.69, 9.17) is 5.11 Å². The third kappa shape index (κ3) is 4.72. The van der Waals surface area contributed by atoms with E-state index in [-0.39, 0.29) is 18.0 Å². The normalized spacial score (nSPS) is 21.9. The maximum absolute atomic E-state index is 12.1. The van der Waals surface area contributed by atoms with Gasteiger partial charge in [-0.25, -0.2) is 4.79 Å². The van der Waals surface area contributed by atoms with Crippen molar-refractivity contribution in [1.82, 2.24) is 10.2 Å². The lowest BCUT2D eigenvalue weighted by Gasteiger charge is -2.39. The fraction of sp³-hybridized carbons (Fsp3) is 0.600. The van der Waals surface area contributed by atoms with Crippen LogP contribution in [0.15, 0.2) is 24.8 Å². The van der Waals surface area contributed by atoms with Crippen LogP contribution in [0, 0.1) is 0 Å². The summed E-state index contributed by atoms with van der Waals surface area (Å²) in [5, 5.41) is 11.5. The Balaban J connectivity index is 2.83. The summed E-state index contributed by atoms with van der Waals surface area (Å²) in [4.78, 5) is 24.7. The summed E-state index contributed by atoms with van der Waals surface area (Å²) in [5.41, 5.74) is 1.01. The fourth-order valence-corrected chi connectivity index (χ4v) is 2.68. The first-order chi connectivity index (χ1) is 9.45. The number of hydrogen-bond acceptors (Lipinski definition) is 2. The van der Waals surface area contributed by atoms with Gasteiger partial charge in [0.05, 0.1) is 12.1 Å². The molecule has 2 atom stereocenters. The number of carboxylic acid groups (broad SMARTS) is 1. The Morgan fingerprint density at radius 1 is 1.40 bits per heavy atom. The van der Waals surface area contributed by atoms with Gasteiger partial charge >= 0.3 is 6.09 Å². The van der Waals surface area contributed by atoms with Crippen LogP contribution in [0.1, 0.15) is 39.0 Å². The monoisotopic (exact) mass is 280 g/mol. The molecule has 1 rings (SSSR count). The van der Waals surface area contributed by atoms with E-state index in [1.807, 2.05) is 6.92 Å². The first-order valence-electron chi connectivity index (χ1n) is 7.02. The Morgan fingerprint density at radius 3 is 2.60 bits per heavy atom. The summed E-state index contributed by atoms with van der Waals surface area (Å²) in [6.45, 7) is 9.87. The second-order valence-electron chi connectivity index (χ2n) is 5.35. The summed E-state index contributed by atoms with van der Waals surface area (Å²) in [6, 6.07) is -0.292. The number of nitrogens with zero attached hydrogens (tertiary/aromatic N) is 1. The zero-order chi connectivity index (χ0) is 15.1. The van der Waals surface area contributed by atoms with E-state index in [1.165, 1.54) is 6.08 Å². The highest BCUT2D eigenvalue weighted by molar-refractivity contribution is 5.87. The predicted molar refractivity (Wildman–Crippen MR) is 78.5 cm³/mol. The quantitative estimate of drug-likeness (QED) is 0.580. The minimum atomic E-state index is -1.03. The van der Waals surface area contributed by atoms with Gasteiger partial charge in [-0.15, -0.1) is 6.58 Å². The average molecular weight is 280 g/mol. The van der Waals surface area contributed by atoms with Crippen molar-refractivity contribution < 1.29 is 14.7 Å². The van der Waals surface area contributed by atoms with Gasteiger partial charge in [0.25, 0.3) is 0 Å². The van der Waals surface area contributed by atoms with Crippen molar-refractivity contribution in [3.05, 3.63) is 24.8 Å². The van der Waals surface area contributed by atoms with Gasteiger partial charge in [0, 0.05) is 6.54 Å². The lowest BCUT2D eigenvalue weighted by molar-refractivity contribution is -0.129. The molecule has 0 aliphatic heterocycles. The summed E-state index contributed by atoms with van der Waals surface area (Å²) in [7, 11) is 0. The Hall–Kier alpha value is -1.78. The van der Waals surface area contributed by atoms with Crippen molar-refractivity contribution in [3.8, 4) is 0 Å². The number of rotatable bonds is 6. The number of hydrogen-bond donors (Lipinski definition) is 2. The first-order valence-corrected chi connectivity index (χ1v) is 7.02. The molecule has 5 heteroatoms. The van der Waals surface area contributed by atoms with Crippen LogP contribution in [-0.2, 0) is 4.79 Å². The van der Waals surface area contributed by atoms with E-state index >= 15 is 0 Å². The molecular formula is C15H24N2O3. The molecule has 0 aromatic heterocycles. The Bertz CT molecular complexity index is 393. The van der Waals surface area contributed by atoms with Gasteiger partial charge in [-0.3, -0.25) is 4.79 Å². The molecule has 0 bridgehead atoms. The Kier molecular flexibility index (Phi) is 6.28. The molecule has 2 amide bonds. The standard InChI is InChI=1S/C15H24N2O3/c1-4-14(18)17(10-9-11(2)3)13-8-6-5-7-12(13)16-15(19)20/h4,12-13,16H,1-2,5-10H2,3H3,(H,19,20)/t12-,13-/m1/s1. The minimum Gasteiger partial charge on any atom is -0.465 e. The maximum Gasteiger partial charge on any atom is 0.404 e. The number of carbonyl (C=O) groups excluding carboxylic acids is 1. The van der Waals surface area contributed by atoms with E-state index < -0.39 is 6.09 Å². The summed E-state index contributed by atoms with van der Waals surface area (Å²) in [5.74, 6) is -0.143. The molecule has 0 aromatic carbocycles. The van der Waals surface area contributed by atoms with E-state index in [1.54, 1.807) is 4.90 Å². The SMILES string of the molecule is C=CC(=O)N(CCC(=C)C)[C@@H]1CCCC[C@H]1NC(=O)O. The van der Waals surface area contributed by atoms with Gasteiger partial charge < -0.3 is 15.3 Å². The van der Waals surface area contributed by atoms with E-state index in [0.29, 0.717) is 6.54 Å². The summed E-state index contributed by atoms with van der Waals surface area (Å²) < 4.78 is 0. The molecule has 0 radical (unpaired) electrons. The van der Waals surface area contributed by atoms with E-state index in [2.05, 4.69) is 18.5 Å². The molecule has 0 saturated heterocycles. The van der Waals surface area contributed by atoms with Crippen molar-refractivity contribution in [1.29, 1.82) is 0 Å². The van der Waals surface area contributed by atoms with Crippen LogP contribution in [0.2, 0.25) is 0 Å². The van der Waals surface area contributed by atoms with Crippen LogP contribution in [-0.4, -0.2) is 40.6 Å². The molecule has 0 heterocycles. The fourth-order valence-electron chi connectivity index (χ4n) is 2.68. The zero-order valence-electron chi connectivity index (χ0n) is 12.1. The smallest absolute Gasteiger partial charge is 0.404 e. The highest BCUT2D eigenvalue weighted by Crippen LogP contribution is 2.24. The van der Waals surface area contributed by atoms with Gasteiger partial charge in [0.15, 0.2) is 0 Å². The van der Waals surface area contributed by atoms with Gasteiger partial charge in [-0.2, -0.15) is 0 Å². The zero-order valence-corrected chi connectivity index (χ0v) is 12.1. The Labute approximate surface area is 120 Å². The van der Waals surface area contributed by atoms with Gasteiger partial charge in [0.1, 0.15) is 0 Å². The average Bonchev–Trinajstić information content (AvgIpc) is 2.39. The van der Waals surface area contributed by atoms with Gasteiger partial charge in [0.2, 0.25) is 5.91 Å². The topological polar surface area (TPSA) is 69.6 Å². The number of carbonyl (C=O) groups is 2. The third-order valence-corrected chi connectivity index (χ3v) is 3.68. The number of nitrogens with one attached hydrogen (secondary N) is 1. The molecule has 0 unspecified atom stereocenters. The van der Waals surface area contributed by atoms with Crippen LogP contribution in [0.4, 0.5) is 4.79 Å². The molecule has 2 N–H and O–H groups in total. The number of amides is 2. The largest absolute Gasteiger partial charge is 0.465 e. The van der Waals surface area contributed by atoms with Crippen LogP contribution in [0.3, 0.4) is 0 Å². The predicted octanol–water partition coefficient (Wildman–Crippen LogP) is 2.55. The second kappa shape index (κ2) is 7.72. The summed E-state index contributed by atoms with van der Waals surface area (Å²) >= 11 is 0. The molecule has 1 aliphatic carbocycles. The maximum atomic E-state index is 12.1. The molecular weight excluding hydrogens is 256 g/mol. The lowest BCUT2D eigenvalue weighted by Crippen LogP contribution is -2.54. The highest BCUT2D eigenvalue weighted by Gasteiger charge is 2.32. The highest BCUT2D eigenvalue weighted by atomic mass is 16.4. The molecule has 5 nitrogen and oxygen atoms in total. The van der Waals surface area contributed by atoms with Crippen LogP contribution in [0.5, 0.6) is 0 Å². The molecule has 0 spiro atoms.